The largest absolute Gasteiger partial charge is 0.462 e. The molecule has 1 aromatic heterocycles. The van der Waals surface area contributed by atoms with E-state index >= 15 is 0 Å². The van der Waals surface area contributed by atoms with Crippen LogP contribution in [0.5, 0.6) is 0 Å². The zero-order valence-electron chi connectivity index (χ0n) is 11.6. The Labute approximate surface area is 126 Å². The van der Waals surface area contributed by atoms with Gasteiger partial charge < -0.3 is 4.74 Å². The molecule has 20 heavy (non-hydrogen) atoms. The standard InChI is InChI=1S/C15H17BrN2O2/c1-3-6-14-13(15(19)20-4-2)10-17-18(14)12-8-5-7-11(16)9-12/h5,7-10H,3-4,6H2,1-2H3. The minimum atomic E-state index is -0.308. The van der Waals surface area contributed by atoms with Gasteiger partial charge in [0.05, 0.1) is 24.2 Å². The van der Waals surface area contributed by atoms with Crippen LogP contribution in [0.15, 0.2) is 34.9 Å². The van der Waals surface area contributed by atoms with Gasteiger partial charge in [-0.15, -0.1) is 0 Å². The van der Waals surface area contributed by atoms with Crippen LogP contribution in [0.3, 0.4) is 0 Å². The second-order valence-electron chi connectivity index (χ2n) is 4.37. The average molecular weight is 337 g/mol. The van der Waals surface area contributed by atoms with E-state index in [-0.39, 0.29) is 5.97 Å². The highest BCUT2D eigenvalue weighted by Crippen LogP contribution is 2.20. The molecule has 2 rings (SSSR count). The Kier molecular flexibility index (Phi) is 4.95. The van der Waals surface area contributed by atoms with Crippen molar-refractivity contribution >= 4 is 21.9 Å². The number of hydrogen-bond donors (Lipinski definition) is 0. The molecule has 0 atom stereocenters. The maximum absolute atomic E-state index is 12.0. The second kappa shape index (κ2) is 6.70. The van der Waals surface area contributed by atoms with Crippen LogP contribution in [0.4, 0.5) is 0 Å². The van der Waals surface area contributed by atoms with E-state index in [0.717, 1.165) is 28.7 Å². The van der Waals surface area contributed by atoms with Crippen molar-refractivity contribution in [3.05, 3.63) is 46.2 Å². The van der Waals surface area contributed by atoms with Gasteiger partial charge in [-0.25, -0.2) is 9.48 Å². The van der Waals surface area contributed by atoms with Gasteiger partial charge in [-0.2, -0.15) is 5.10 Å². The lowest BCUT2D eigenvalue weighted by Gasteiger charge is -2.09. The maximum atomic E-state index is 12.0. The first-order chi connectivity index (χ1) is 9.67. The van der Waals surface area contributed by atoms with Crippen LogP contribution >= 0.6 is 15.9 Å². The molecule has 4 nitrogen and oxygen atoms in total. The fourth-order valence-electron chi connectivity index (χ4n) is 2.06. The Hall–Kier alpha value is -1.62. The van der Waals surface area contributed by atoms with Gasteiger partial charge >= 0.3 is 5.97 Å². The average Bonchev–Trinajstić information content (AvgIpc) is 2.83. The zero-order valence-corrected chi connectivity index (χ0v) is 13.2. The van der Waals surface area contributed by atoms with Crippen molar-refractivity contribution in [1.82, 2.24) is 9.78 Å². The zero-order chi connectivity index (χ0) is 14.5. The monoisotopic (exact) mass is 336 g/mol. The maximum Gasteiger partial charge on any atom is 0.341 e. The molecule has 0 amide bonds. The number of nitrogens with zero attached hydrogens (tertiary/aromatic N) is 2. The minimum absolute atomic E-state index is 0.308. The lowest BCUT2D eigenvalue weighted by atomic mass is 10.1. The number of esters is 1. The third kappa shape index (κ3) is 3.10. The molecule has 0 saturated heterocycles. The van der Waals surface area contributed by atoms with Gasteiger partial charge in [0.1, 0.15) is 5.56 Å². The summed E-state index contributed by atoms with van der Waals surface area (Å²) in [5.74, 6) is -0.308. The SMILES string of the molecule is CCCc1c(C(=O)OCC)cnn1-c1cccc(Br)c1. The third-order valence-electron chi connectivity index (χ3n) is 2.90. The van der Waals surface area contributed by atoms with Gasteiger partial charge in [-0.3, -0.25) is 0 Å². The summed E-state index contributed by atoms with van der Waals surface area (Å²) in [6, 6.07) is 7.84. The van der Waals surface area contributed by atoms with Crippen molar-refractivity contribution in [2.75, 3.05) is 6.61 Å². The molecule has 0 spiro atoms. The van der Waals surface area contributed by atoms with Crippen molar-refractivity contribution in [2.24, 2.45) is 0 Å². The molecule has 0 saturated carbocycles. The molecule has 1 heterocycles. The molecule has 0 aliphatic carbocycles. The molecular formula is C15H17BrN2O2. The van der Waals surface area contributed by atoms with Crippen LogP contribution < -0.4 is 0 Å². The second-order valence-corrected chi connectivity index (χ2v) is 5.28. The predicted octanol–water partition coefficient (Wildman–Crippen LogP) is 3.76. The molecule has 1 aromatic carbocycles. The van der Waals surface area contributed by atoms with Gasteiger partial charge in [0.15, 0.2) is 0 Å². The van der Waals surface area contributed by atoms with E-state index in [2.05, 4.69) is 28.0 Å². The van der Waals surface area contributed by atoms with Gasteiger partial charge in [0.2, 0.25) is 0 Å². The van der Waals surface area contributed by atoms with Gasteiger partial charge in [0, 0.05) is 4.47 Å². The van der Waals surface area contributed by atoms with Crippen LogP contribution in [0.25, 0.3) is 5.69 Å². The molecule has 0 radical (unpaired) electrons. The minimum Gasteiger partial charge on any atom is -0.462 e. The van der Waals surface area contributed by atoms with E-state index in [1.54, 1.807) is 17.8 Å². The Bertz CT molecular complexity index is 608. The summed E-state index contributed by atoms with van der Waals surface area (Å²) in [5, 5.41) is 4.34. The molecule has 5 heteroatoms. The first-order valence-electron chi connectivity index (χ1n) is 6.67. The summed E-state index contributed by atoms with van der Waals surface area (Å²) in [5.41, 5.74) is 2.37. The Morgan fingerprint density at radius 3 is 2.85 bits per heavy atom. The van der Waals surface area contributed by atoms with Crippen molar-refractivity contribution in [3.8, 4) is 5.69 Å². The molecule has 0 bridgehead atoms. The van der Waals surface area contributed by atoms with E-state index in [4.69, 9.17) is 4.74 Å². The summed E-state index contributed by atoms with van der Waals surface area (Å²) in [6.45, 7) is 4.25. The van der Waals surface area contributed by atoms with Gasteiger partial charge in [-0.1, -0.05) is 35.3 Å². The summed E-state index contributed by atoms with van der Waals surface area (Å²) in [4.78, 5) is 12.0. The highest BCUT2D eigenvalue weighted by Gasteiger charge is 2.18. The first kappa shape index (κ1) is 14.8. The predicted molar refractivity (Wildman–Crippen MR) is 81.2 cm³/mol. The molecule has 2 aromatic rings. The van der Waals surface area contributed by atoms with Crippen LogP contribution in [0.2, 0.25) is 0 Å². The van der Waals surface area contributed by atoms with E-state index in [1.807, 2.05) is 24.3 Å². The summed E-state index contributed by atoms with van der Waals surface area (Å²) >= 11 is 3.45. The molecule has 0 N–H and O–H groups in total. The first-order valence-corrected chi connectivity index (χ1v) is 7.46. The highest BCUT2D eigenvalue weighted by atomic mass is 79.9. The van der Waals surface area contributed by atoms with Gasteiger partial charge in [0.25, 0.3) is 0 Å². The van der Waals surface area contributed by atoms with E-state index in [1.165, 1.54) is 0 Å². The number of halogens is 1. The lowest BCUT2D eigenvalue weighted by Crippen LogP contribution is -2.09. The van der Waals surface area contributed by atoms with Crippen LogP contribution in [0.1, 0.15) is 36.3 Å². The summed E-state index contributed by atoms with van der Waals surface area (Å²) < 4.78 is 7.87. The van der Waals surface area contributed by atoms with Crippen molar-refractivity contribution in [2.45, 2.75) is 26.7 Å². The number of benzene rings is 1. The topological polar surface area (TPSA) is 44.1 Å². The fraction of sp³-hybridized carbons (Fsp3) is 0.333. The Balaban J connectivity index is 2.46. The van der Waals surface area contributed by atoms with Crippen molar-refractivity contribution in [1.29, 1.82) is 0 Å². The van der Waals surface area contributed by atoms with E-state index in [9.17, 15) is 4.79 Å². The summed E-state index contributed by atoms with van der Waals surface area (Å²) in [6.07, 6.45) is 3.30. The molecule has 106 valence electrons. The molecule has 0 aliphatic heterocycles. The quantitative estimate of drug-likeness (QED) is 0.780. The van der Waals surface area contributed by atoms with Crippen molar-refractivity contribution < 1.29 is 9.53 Å². The number of hydrogen-bond acceptors (Lipinski definition) is 3. The number of rotatable bonds is 5. The van der Waals surface area contributed by atoms with E-state index in [0.29, 0.717) is 12.2 Å². The third-order valence-corrected chi connectivity index (χ3v) is 3.40. The molecule has 0 unspecified atom stereocenters. The number of carbonyl (C=O) groups is 1. The summed E-state index contributed by atoms with van der Waals surface area (Å²) in [7, 11) is 0. The molecule has 0 aliphatic rings. The lowest BCUT2D eigenvalue weighted by molar-refractivity contribution is 0.0525. The van der Waals surface area contributed by atoms with Gasteiger partial charge in [-0.05, 0) is 31.5 Å². The van der Waals surface area contributed by atoms with E-state index < -0.39 is 0 Å². The normalized spacial score (nSPS) is 10.6. The highest BCUT2D eigenvalue weighted by molar-refractivity contribution is 9.10. The van der Waals surface area contributed by atoms with Crippen LogP contribution in [-0.2, 0) is 11.2 Å². The van der Waals surface area contributed by atoms with Crippen LogP contribution in [0, 0.1) is 0 Å². The Morgan fingerprint density at radius 1 is 1.40 bits per heavy atom. The molecule has 0 fully saturated rings. The fourth-order valence-corrected chi connectivity index (χ4v) is 2.45. The van der Waals surface area contributed by atoms with Crippen LogP contribution in [-0.4, -0.2) is 22.4 Å². The number of aromatic nitrogens is 2. The number of carbonyl (C=O) groups excluding carboxylic acids is 1. The Morgan fingerprint density at radius 2 is 2.20 bits per heavy atom. The smallest absolute Gasteiger partial charge is 0.341 e. The number of ether oxygens (including phenoxy) is 1. The van der Waals surface area contributed by atoms with Crippen molar-refractivity contribution in [3.63, 3.8) is 0 Å². The molecular weight excluding hydrogens is 320 g/mol.